The molecule has 0 amide bonds. The summed E-state index contributed by atoms with van der Waals surface area (Å²) >= 11 is 0. The number of nitrogens with zero attached hydrogens (tertiary/aromatic N) is 1. The molecule has 0 aliphatic carbocycles. The average molecular weight is 327 g/mol. The number of rotatable bonds is 6. The van der Waals surface area contributed by atoms with Crippen molar-refractivity contribution in [2.45, 2.75) is 26.9 Å². The molecule has 5 nitrogen and oxygen atoms in total. The summed E-state index contributed by atoms with van der Waals surface area (Å²) in [6.45, 7) is 5.58. The minimum absolute atomic E-state index is 0.385. The minimum Gasteiger partial charge on any atom is -0.493 e. The number of ether oxygens (including phenoxy) is 2. The molecule has 2 aromatic rings. The van der Waals surface area contributed by atoms with E-state index in [1.165, 1.54) is 25.2 Å². The molecule has 0 spiro atoms. The van der Waals surface area contributed by atoms with Crippen LogP contribution in [0.15, 0.2) is 41.4 Å². The summed E-state index contributed by atoms with van der Waals surface area (Å²) < 4.78 is 10.6. The van der Waals surface area contributed by atoms with Crippen LogP contribution in [0.2, 0.25) is 0 Å². The number of benzene rings is 2. The fourth-order valence-electron chi connectivity index (χ4n) is 2.06. The molecule has 0 radical (unpaired) electrons. The average Bonchev–Trinajstić information content (AvgIpc) is 2.56. The Morgan fingerprint density at radius 1 is 1.12 bits per heavy atom. The third-order valence-corrected chi connectivity index (χ3v) is 3.69. The molecule has 0 bridgehead atoms. The van der Waals surface area contributed by atoms with E-state index >= 15 is 0 Å². The third kappa shape index (κ3) is 4.35. The number of carbonyl (C=O) groups is 1. The highest BCUT2D eigenvalue weighted by molar-refractivity contribution is 5.83. The Balaban J connectivity index is 2.20. The van der Waals surface area contributed by atoms with Gasteiger partial charge in [0.2, 0.25) is 0 Å². The number of aryl methyl sites for hydroxylation is 2. The molecule has 2 rings (SSSR count). The number of aliphatic imine (C=N–C) groups is 1. The third-order valence-electron chi connectivity index (χ3n) is 3.69. The minimum atomic E-state index is -1.03. The maximum atomic E-state index is 10.9. The van der Waals surface area contributed by atoms with Crippen molar-refractivity contribution in [3.8, 4) is 11.5 Å². The molecular weight excluding hydrogens is 306 g/mol. The monoisotopic (exact) mass is 327 g/mol. The smallest absolute Gasteiger partial charge is 0.344 e. The molecule has 0 fully saturated rings. The lowest BCUT2D eigenvalue weighted by molar-refractivity contribution is -0.144. The number of methoxy groups -OCH3 is 1. The van der Waals surface area contributed by atoms with Crippen molar-refractivity contribution in [1.29, 1.82) is 0 Å². The standard InChI is InChI=1S/C19H21NO4/c1-12-5-7-16(9-13(12)2)20-11-15-6-8-17(18(10-15)23-4)24-14(3)19(21)22/h5-11,14H,1-4H3,(H,21,22)/t14-/m0/s1. The Labute approximate surface area is 141 Å². The number of carboxylic acid groups (broad SMARTS) is 1. The van der Waals surface area contributed by atoms with Crippen molar-refractivity contribution < 1.29 is 19.4 Å². The predicted molar refractivity (Wildman–Crippen MR) is 93.9 cm³/mol. The van der Waals surface area contributed by atoms with E-state index in [4.69, 9.17) is 14.6 Å². The molecule has 0 aliphatic heterocycles. The summed E-state index contributed by atoms with van der Waals surface area (Å²) in [6.07, 6.45) is 0.783. The second-order valence-electron chi connectivity index (χ2n) is 5.54. The van der Waals surface area contributed by atoms with Crippen LogP contribution in [0.1, 0.15) is 23.6 Å². The van der Waals surface area contributed by atoms with E-state index in [9.17, 15) is 4.79 Å². The van der Waals surface area contributed by atoms with Gasteiger partial charge in [0.15, 0.2) is 17.6 Å². The van der Waals surface area contributed by atoms with Gasteiger partial charge in [0, 0.05) is 6.21 Å². The first-order valence-corrected chi connectivity index (χ1v) is 7.59. The molecule has 0 unspecified atom stereocenters. The molecular formula is C19H21NO4. The van der Waals surface area contributed by atoms with Crippen LogP contribution >= 0.6 is 0 Å². The van der Waals surface area contributed by atoms with Gasteiger partial charge < -0.3 is 14.6 Å². The van der Waals surface area contributed by atoms with E-state index in [0.29, 0.717) is 11.5 Å². The zero-order valence-corrected chi connectivity index (χ0v) is 14.2. The van der Waals surface area contributed by atoms with Gasteiger partial charge in [-0.15, -0.1) is 0 Å². The van der Waals surface area contributed by atoms with Crippen LogP contribution < -0.4 is 9.47 Å². The van der Waals surface area contributed by atoms with E-state index in [1.54, 1.807) is 24.4 Å². The van der Waals surface area contributed by atoms with E-state index < -0.39 is 12.1 Å². The van der Waals surface area contributed by atoms with Gasteiger partial charge in [-0.2, -0.15) is 0 Å². The predicted octanol–water partition coefficient (Wildman–Crippen LogP) is 3.91. The van der Waals surface area contributed by atoms with Crippen molar-refractivity contribution >= 4 is 17.9 Å². The molecule has 0 saturated carbocycles. The highest BCUT2D eigenvalue weighted by atomic mass is 16.5. The lowest BCUT2D eigenvalue weighted by Crippen LogP contribution is -2.23. The Hall–Kier alpha value is -2.82. The van der Waals surface area contributed by atoms with Crippen LogP contribution in [0.5, 0.6) is 11.5 Å². The highest BCUT2D eigenvalue weighted by Gasteiger charge is 2.15. The van der Waals surface area contributed by atoms with Crippen molar-refractivity contribution in [3.63, 3.8) is 0 Å². The second kappa shape index (κ2) is 7.64. The largest absolute Gasteiger partial charge is 0.493 e. The van der Waals surface area contributed by atoms with Gasteiger partial charge in [0.1, 0.15) is 0 Å². The van der Waals surface area contributed by atoms with Gasteiger partial charge in [-0.25, -0.2) is 4.79 Å². The summed E-state index contributed by atoms with van der Waals surface area (Å²) in [5, 5.41) is 8.93. The summed E-state index contributed by atoms with van der Waals surface area (Å²) in [7, 11) is 1.51. The summed E-state index contributed by atoms with van der Waals surface area (Å²) in [4.78, 5) is 15.4. The molecule has 2 aromatic carbocycles. The SMILES string of the molecule is COc1cc(C=Nc2ccc(C)c(C)c2)ccc1O[C@@H](C)C(=O)O. The van der Waals surface area contributed by atoms with Crippen molar-refractivity contribution in [2.75, 3.05) is 7.11 Å². The maximum absolute atomic E-state index is 10.9. The lowest BCUT2D eigenvalue weighted by atomic mass is 10.1. The zero-order chi connectivity index (χ0) is 17.7. The Bertz CT molecular complexity index is 768. The van der Waals surface area contributed by atoms with Gasteiger partial charge in [-0.05, 0) is 67.8 Å². The number of hydrogen-bond donors (Lipinski definition) is 1. The second-order valence-corrected chi connectivity index (χ2v) is 5.54. The topological polar surface area (TPSA) is 68.1 Å². The quantitative estimate of drug-likeness (QED) is 0.817. The van der Waals surface area contributed by atoms with E-state index in [2.05, 4.69) is 11.9 Å². The molecule has 0 saturated heterocycles. The van der Waals surface area contributed by atoms with Crippen LogP contribution in [-0.2, 0) is 4.79 Å². The van der Waals surface area contributed by atoms with Crippen LogP contribution in [-0.4, -0.2) is 30.5 Å². The normalized spacial score (nSPS) is 12.2. The van der Waals surface area contributed by atoms with Gasteiger partial charge >= 0.3 is 5.97 Å². The number of carboxylic acids is 1. The number of hydrogen-bond acceptors (Lipinski definition) is 4. The van der Waals surface area contributed by atoms with Gasteiger partial charge in [-0.3, -0.25) is 4.99 Å². The van der Waals surface area contributed by atoms with Crippen LogP contribution in [0.4, 0.5) is 5.69 Å². The summed E-state index contributed by atoms with van der Waals surface area (Å²) in [5.74, 6) is -0.180. The van der Waals surface area contributed by atoms with Crippen molar-refractivity contribution in [2.24, 2.45) is 4.99 Å². The molecule has 0 aromatic heterocycles. The Morgan fingerprint density at radius 2 is 1.88 bits per heavy atom. The lowest BCUT2D eigenvalue weighted by Gasteiger charge is -2.14. The molecule has 1 atom stereocenters. The Kier molecular flexibility index (Phi) is 5.58. The summed E-state index contributed by atoms with van der Waals surface area (Å²) in [5.41, 5.74) is 4.12. The first kappa shape index (κ1) is 17.5. The molecule has 0 aliphatic rings. The Morgan fingerprint density at radius 3 is 2.50 bits per heavy atom. The molecule has 5 heteroatoms. The first-order valence-electron chi connectivity index (χ1n) is 7.59. The molecule has 126 valence electrons. The van der Waals surface area contributed by atoms with Crippen LogP contribution in [0.25, 0.3) is 0 Å². The van der Waals surface area contributed by atoms with Crippen LogP contribution in [0, 0.1) is 13.8 Å². The van der Waals surface area contributed by atoms with Gasteiger partial charge in [0.05, 0.1) is 12.8 Å². The number of aliphatic carboxylic acids is 1. The van der Waals surface area contributed by atoms with E-state index in [-0.39, 0.29) is 0 Å². The molecule has 24 heavy (non-hydrogen) atoms. The maximum Gasteiger partial charge on any atom is 0.344 e. The van der Waals surface area contributed by atoms with E-state index in [0.717, 1.165) is 11.3 Å². The fourth-order valence-corrected chi connectivity index (χ4v) is 2.06. The van der Waals surface area contributed by atoms with E-state index in [1.807, 2.05) is 25.1 Å². The van der Waals surface area contributed by atoms with Crippen molar-refractivity contribution in [3.05, 3.63) is 53.1 Å². The fraction of sp³-hybridized carbons (Fsp3) is 0.263. The highest BCUT2D eigenvalue weighted by Crippen LogP contribution is 2.29. The molecule has 1 N–H and O–H groups in total. The summed E-state index contributed by atoms with van der Waals surface area (Å²) in [6, 6.07) is 11.3. The van der Waals surface area contributed by atoms with Gasteiger partial charge in [-0.1, -0.05) is 6.07 Å². The van der Waals surface area contributed by atoms with Crippen LogP contribution in [0.3, 0.4) is 0 Å². The first-order chi connectivity index (χ1) is 11.4. The molecule has 0 heterocycles. The zero-order valence-electron chi connectivity index (χ0n) is 14.2. The van der Waals surface area contributed by atoms with Crippen molar-refractivity contribution in [1.82, 2.24) is 0 Å². The van der Waals surface area contributed by atoms with Gasteiger partial charge in [0.25, 0.3) is 0 Å².